The van der Waals surface area contributed by atoms with Gasteiger partial charge in [-0.15, -0.1) is 6.58 Å². The number of ether oxygens (including phenoxy) is 4. The third-order valence-electron chi connectivity index (χ3n) is 10.3. The minimum atomic E-state index is -4.80. The van der Waals surface area contributed by atoms with E-state index in [1.807, 2.05) is 6.92 Å². The van der Waals surface area contributed by atoms with E-state index >= 15 is 0 Å². The Morgan fingerprint density at radius 1 is 1.11 bits per heavy atom. The summed E-state index contributed by atoms with van der Waals surface area (Å²) in [7, 11) is 1.52. The van der Waals surface area contributed by atoms with Gasteiger partial charge in [0.25, 0.3) is 5.88 Å². The van der Waals surface area contributed by atoms with Gasteiger partial charge in [-0.1, -0.05) is 45.4 Å². The number of amides is 1. The predicted octanol–water partition coefficient (Wildman–Crippen LogP) is 8.67. The average Bonchev–Trinajstić information content (AvgIpc) is 3.64. The lowest BCUT2D eigenvalue weighted by Crippen LogP contribution is -2.53. The van der Waals surface area contributed by atoms with Gasteiger partial charge in [-0.3, -0.25) is 9.59 Å². The number of carbonyl (C=O) groups excluding carboxylic acids is 3. The zero-order chi connectivity index (χ0) is 39.5. The Hall–Kier alpha value is -3.61. The van der Waals surface area contributed by atoms with Crippen molar-refractivity contribution in [2.45, 2.75) is 129 Å². The third-order valence-corrected chi connectivity index (χ3v) is 10.5. The molecule has 1 saturated heterocycles. The van der Waals surface area contributed by atoms with Crippen molar-refractivity contribution in [1.29, 1.82) is 0 Å². The summed E-state index contributed by atoms with van der Waals surface area (Å²) in [6.07, 6.45) is -2.76. The van der Waals surface area contributed by atoms with Gasteiger partial charge in [-0.25, -0.2) is 14.8 Å². The Balaban J connectivity index is 1.68. The number of allylic oxidation sites excluding steroid dienone is 1. The molecule has 1 aliphatic carbocycles. The molecule has 294 valence electrons. The number of fused-ring (bicyclic) bond motifs is 1. The minimum Gasteiger partial charge on any atom is -0.497 e. The van der Waals surface area contributed by atoms with E-state index in [2.05, 4.69) is 16.5 Å². The number of esters is 2. The van der Waals surface area contributed by atoms with Crippen molar-refractivity contribution in [3.63, 3.8) is 0 Å². The molecule has 0 bridgehead atoms. The monoisotopic (exact) mass is 767 g/mol. The summed E-state index contributed by atoms with van der Waals surface area (Å²) < 4.78 is 67.3. The fourth-order valence-electron chi connectivity index (χ4n) is 7.60. The first kappa shape index (κ1) is 42.1. The number of unbranched alkanes of at least 4 members (excludes halogenated alkanes) is 1. The molecule has 1 amide bonds. The van der Waals surface area contributed by atoms with Gasteiger partial charge >= 0.3 is 18.1 Å². The van der Waals surface area contributed by atoms with E-state index in [1.165, 1.54) is 12.0 Å². The Bertz CT molecular complexity index is 1660. The number of benzene rings is 1. The van der Waals surface area contributed by atoms with Crippen LogP contribution in [-0.4, -0.2) is 75.9 Å². The third kappa shape index (κ3) is 9.56. The Morgan fingerprint density at radius 3 is 2.40 bits per heavy atom. The van der Waals surface area contributed by atoms with Crippen LogP contribution in [0.3, 0.4) is 0 Å². The number of likely N-dealkylation sites (tertiary alicyclic amines) is 1. The lowest BCUT2D eigenvalue weighted by Gasteiger charge is -2.39. The molecular weight excluding hydrogens is 715 g/mol. The molecule has 6 atom stereocenters. The van der Waals surface area contributed by atoms with E-state index in [9.17, 15) is 27.6 Å². The first-order chi connectivity index (χ1) is 24.7. The minimum absolute atomic E-state index is 0.0132. The number of carbonyl (C=O) groups is 3. The quantitative estimate of drug-likeness (QED) is 0.112. The number of halogens is 4. The lowest BCUT2D eigenvalue weighted by molar-refractivity contribution is -0.282. The van der Waals surface area contributed by atoms with Crippen molar-refractivity contribution in [2.75, 3.05) is 13.7 Å². The number of rotatable bonds is 13. The average molecular weight is 768 g/mol. The molecule has 1 aromatic carbocycles. The highest BCUT2D eigenvalue weighted by Gasteiger charge is 2.64. The maximum absolute atomic E-state index is 14.8. The predicted molar refractivity (Wildman–Crippen MR) is 194 cm³/mol. The van der Waals surface area contributed by atoms with Gasteiger partial charge in [0, 0.05) is 17.9 Å². The number of nitrogens with zero attached hydrogens (tertiary/aromatic N) is 3. The van der Waals surface area contributed by atoms with Gasteiger partial charge < -0.3 is 23.8 Å². The van der Waals surface area contributed by atoms with E-state index in [0.717, 1.165) is 0 Å². The summed E-state index contributed by atoms with van der Waals surface area (Å²) in [5, 5.41) is -0.0280. The molecule has 1 aromatic heterocycles. The summed E-state index contributed by atoms with van der Waals surface area (Å²) in [5.41, 5.74) is -3.53. The van der Waals surface area contributed by atoms with Crippen LogP contribution < -0.4 is 9.47 Å². The number of hydrogen-bond acceptors (Lipinski definition) is 9. The van der Waals surface area contributed by atoms with E-state index < -0.39 is 77.0 Å². The van der Waals surface area contributed by atoms with E-state index in [0.29, 0.717) is 36.0 Å². The summed E-state index contributed by atoms with van der Waals surface area (Å²) in [6, 6.07) is 3.94. The van der Waals surface area contributed by atoms with Gasteiger partial charge in [0.05, 0.1) is 37.0 Å². The van der Waals surface area contributed by atoms with Crippen molar-refractivity contribution in [3.8, 4) is 11.6 Å². The van der Waals surface area contributed by atoms with Gasteiger partial charge in [0.2, 0.25) is 11.5 Å². The molecular formula is C39H53ClF3N3O7. The van der Waals surface area contributed by atoms with E-state index in [-0.39, 0.29) is 43.3 Å². The highest BCUT2D eigenvalue weighted by Crippen LogP contribution is 2.52. The standard InChI is InChI=1S/C39H53ClF3N3O7/c1-10-12-13-15-23-16-14-19-38(23,39(41,42)43)52-30(47)21-26(36(3,4)5)34(48)46-22-29(25(11-2)31(46)35(49)53-37(6,7)8)51-33-32(40)44-27-18-17-24(50-9)20-28(27)45-33/h10,17-18,20,23,25-26,29,31H,1,11-16,19,21-22H2,2-9H3/t23-,25-,26-,29+,31+,38?/m1/s1. The second-order valence-corrected chi connectivity index (χ2v) is 16.5. The van der Waals surface area contributed by atoms with Crippen molar-refractivity contribution < 1.29 is 46.5 Å². The summed E-state index contributed by atoms with van der Waals surface area (Å²) >= 11 is 6.52. The Morgan fingerprint density at radius 2 is 1.81 bits per heavy atom. The largest absolute Gasteiger partial charge is 0.497 e. The van der Waals surface area contributed by atoms with Crippen LogP contribution in [0.2, 0.25) is 5.15 Å². The molecule has 1 saturated carbocycles. The molecule has 1 aliphatic heterocycles. The maximum Gasteiger partial charge on any atom is 0.428 e. The molecule has 14 heteroatoms. The number of alkyl halides is 3. The highest BCUT2D eigenvalue weighted by molar-refractivity contribution is 6.31. The first-order valence-electron chi connectivity index (χ1n) is 18.3. The summed E-state index contributed by atoms with van der Waals surface area (Å²) in [4.78, 5) is 52.5. The summed E-state index contributed by atoms with van der Waals surface area (Å²) in [6.45, 7) is 15.7. The lowest BCUT2D eigenvalue weighted by atomic mass is 9.77. The highest BCUT2D eigenvalue weighted by atomic mass is 35.5. The second-order valence-electron chi connectivity index (χ2n) is 16.2. The van der Waals surface area contributed by atoms with Crippen LogP contribution in [0.15, 0.2) is 30.9 Å². The van der Waals surface area contributed by atoms with Crippen LogP contribution in [0, 0.1) is 23.2 Å². The SMILES string of the molecule is C=CCCC[C@@H]1CCCC1(OC(=O)C[C@H](C(=O)N1C[C@H](Oc2nc3cc(OC)ccc3nc2Cl)[C@@H](CC)[C@H]1C(=O)OC(C)(C)C)C(C)(C)C)C(F)(F)F. The number of aromatic nitrogens is 2. The molecule has 10 nitrogen and oxygen atoms in total. The molecule has 2 heterocycles. The zero-order valence-corrected chi connectivity index (χ0v) is 32.7. The smallest absolute Gasteiger partial charge is 0.428 e. The molecule has 2 aromatic rings. The molecule has 0 radical (unpaired) electrons. The zero-order valence-electron chi connectivity index (χ0n) is 32.0. The van der Waals surface area contributed by atoms with Gasteiger partial charge in [0.15, 0.2) is 5.15 Å². The molecule has 0 N–H and O–H groups in total. The first-order valence-corrected chi connectivity index (χ1v) is 18.6. The Labute approximate surface area is 315 Å². The van der Waals surface area contributed by atoms with E-state index in [1.54, 1.807) is 65.8 Å². The Kier molecular flexibility index (Phi) is 13.0. The summed E-state index contributed by atoms with van der Waals surface area (Å²) in [5.74, 6) is -4.54. The fraction of sp³-hybridized carbons (Fsp3) is 0.667. The van der Waals surface area contributed by atoms with Gasteiger partial charge in [-0.2, -0.15) is 13.2 Å². The fourth-order valence-corrected chi connectivity index (χ4v) is 7.77. The van der Waals surface area contributed by atoms with E-state index in [4.69, 9.17) is 30.5 Å². The second kappa shape index (κ2) is 16.4. The van der Waals surface area contributed by atoms with Crippen LogP contribution in [0.4, 0.5) is 13.2 Å². The normalized spacial score (nSPS) is 24.2. The molecule has 0 spiro atoms. The molecule has 4 rings (SSSR count). The van der Waals surface area contributed by atoms with Gasteiger partial charge in [-0.05, 0) is 83.3 Å². The van der Waals surface area contributed by atoms with Crippen molar-refractivity contribution >= 4 is 40.5 Å². The number of hydrogen-bond donors (Lipinski definition) is 0. The molecule has 1 unspecified atom stereocenters. The van der Waals surface area contributed by atoms with Crippen LogP contribution in [0.25, 0.3) is 11.0 Å². The number of methoxy groups -OCH3 is 1. The van der Waals surface area contributed by atoms with Crippen LogP contribution in [0.5, 0.6) is 11.6 Å². The maximum atomic E-state index is 14.8. The molecule has 2 aliphatic rings. The molecule has 53 heavy (non-hydrogen) atoms. The van der Waals surface area contributed by atoms with Crippen molar-refractivity contribution in [3.05, 3.63) is 36.0 Å². The van der Waals surface area contributed by atoms with Crippen molar-refractivity contribution in [2.24, 2.45) is 23.2 Å². The van der Waals surface area contributed by atoms with Gasteiger partial charge in [0.1, 0.15) is 23.5 Å². The van der Waals surface area contributed by atoms with Crippen LogP contribution >= 0.6 is 11.6 Å². The van der Waals surface area contributed by atoms with Crippen molar-refractivity contribution in [1.82, 2.24) is 14.9 Å². The van der Waals surface area contributed by atoms with Crippen LogP contribution in [-0.2, 0) is 23.9 Å². The van der Waals surface area contributed by atoms with Crippen LogP contribution in [0.1, 0.15) is 99.8 Å². The topological polar surface area (TPSA) is 117 Å². The molecule has 2 fully saturated rings.